The van der Waals surface area contributed by atoms with Crippen LogP contribution >= 0.6 is 12.4 Å². The lowest BCUT2D eigenvalue weighted by Gasteiger charge is -2.35. The first-order valence-electron chi connectivity index (χ1n) is 5.69. The second kappa shape index (κ2) is 6.31. The van der Waals surface area contributed by atoms with E-state index in [1.165, 1.54) is 8.61 Å². The summed E-state index contributed by atoms with van der Waals surface area (Å²) in [5, 5.41) is 0. The van der Waals surface area contributed by atoms with Crippen molar-refractivity contribution in [3.63, 3.8) is 0 Å². The van der Waals surface area contributed by atoms with Gasteiger partial charge < -0.3 is 10.5 Å². The van der Waals surface area contributed by atoms with Crippen LogP contribution in [0.1, 0.15) is 12.8 Å². The van der Waals surface area contributed by atoms with Gasteiger partial charge in [-0.05, 0) is 12.8 Å². The van der Waals surface area contributed by atoms with Gasteiger partial charge in [0.15, 0.2) is 0 Å². The molecule has 0 unspecified atom stereocenters. The first-order valence-corrected chi connectivity index (χ1v) is 7.09. The van der Waals surface area contributed by atoms with Crippen LogP contribution in [-0.2, 0) is 14.9 Å². The number of rotatable bonds is 2. The Morgan fingerprint density at radius 3 is 2.35 bits per heavy atom. The molecule has 2 heterocycles. The fourth-order valence-corrected chi connectivity index (χ4v) is 3.80. The highest BCUT2D eigenvalue weighted by molar-refractivity contribution is 7.86. The van der Waals surface area contributed by atoms with Crippen molar-refractivity contribution in [3.05, 3.63) is 0 Å². The van der Waals surface area contributed by atoms with Gasteiger partial charge in [-0.2, -0.15) is 17.0 Å². The van der Waals surface area contributed by atoms with Crippen molar-refractivity contribution >= 4 is 22.6 Å². The number of ether oxygens (including phenoxy) is 1. The minimum absolute atomic E-state index is 0. The predicted molar refractivity (Wildman–Crippen MR) is 67.3 cm³/mol. The average molecular weight is 286 g/mol. The molecule has 2 aliphatic heterocycles. The summed E-state index contributed by atoms with van der Waals surface area (Å²) in [6.07, 6.45) is 1.76. The zero-order valence-corrected chi connectivity index (χ0v) is 11.4. The molecular weight excluding hydrogens is 266 g/mol. The van der Waals surface area contributed by atoms with Gasteiger partial charge in [0.1, 0.15) is 0 Å². The molecule has 0 aromatic heterocycles. The number of halogens is 1. The maximum Gasteiger partial charge on any atom is 0.282 e. The smallest absolute Gasteiger partial charge is 0.282 e. The molecule has 0 spiro atoms. The Bertz CT molecular complexity index is 332. The van der Waals surface area contributed by atoms with Crippen LogP contribution < -0.4 is 5.73 Å². The summed E-state index contributed by atoms with van der Waals surface area (Å²) in [5.41, 5.74) is 5.80. The molecule has 2 fully saturated rings. The monoisotopic (exact) mass is 285 g/mol. The Hall–Kier alpha value is 0.0800. The van der Waals surface area contributed by atoms with E-state index >= 15 is 0 Å². The Morgan fingerprint density at radius 1 is 1.12 bits per heavy atom. The van der Waals surface area contributed by atoms with Crippen molar-refractivity contribution in [2.75, 3.05) is 39.4 Å². The highest BCUT2D eigenvalue weighted by Gasteiger charge is 2.33. The molecular formula is C9H20ClN3O3S. The molecule has 0 radical (unpaired) electrons. The van der Waals surface area contributed by atoms with E-state index in [0.29, 0.717) is 39.4 Å². The number of nitrogens with two attached hydrogens (primary N) is 1. The summed E-state index contributed by atoms with van der Waals surface area (Å²) < 4.78 is 32.6. The van der Waals surface area contributed by atoms with Gasteiger partial charge >= 0.3 is 0 Å². The van der Waals surface area contributed by atoms with E-state index in [0.717, 1.165) is 12.8 Å². The lowest BCUT2D eigenvalue weighted by Crippen LogP contribution is -2.53. The highest BCUT2D eigenvalue weighted by atomic mass is 35.5. The highest BCUT2D eigenvalue weighted by Crippen LogP contribution is 2.16. The molecule has 8 heteroatoms. The average Bonchev–Trinajstić information content (AvgIpc) is 2.30. The molecule has 1 atom stereocenters. The van der Waals surface area contributed by atoms with Gasteiger partial charge in [0, 0.05) is 32.2 Å². The Kier molecular flexibility index (Phi) is 5.62. The Balaban J connectivity index is 0.00000144. The van der Waals surface area contributed by atoms with Crippen molar-refractivity contribution in [1.29, 1.82) is 0 Å². The van der Waals surface area contributed by atoms with Crippen LogP contribution in [0.5, 0.6) is 0 Å². The molecule has 0 aromatic carbocycles. The summed E-state index contributed by atoms with van der Waals surface area (Å²) in [7, 11) is -3.31. The van der Waals surface area contributed by atoms with Crippen LogP contribution in [0.3, 0.4) is 0 Å². The molecule has 102 valence electrons. The fourth-order valence-electron chi connectivity index (χ4n) is 2.12. The normalized spacial score (nSPS) is 28.6. The summed E-state index contributed by atoms with van der Waals surface area (Å²) in [4.78, 5) is 0. The number of morpholine rings is 1. The molecule has 2 rings (SSSR count). The largest absolute Gasteiger partial charge is 0.379 e. The molecule has 0 aromatic rings. The molecule has 0 bridgehead atoms. The van der Waals surface area contributed by atoms with Crippen LogP contribution in [-0.4, -0.2) is 62.5 Å². The van der Waals surface area contributed by atoms with Gasteiger partial charge in [0.25, 0.3) is 10.2 Å². The van der Waals surface area contributed by atoms with Crippen molar-refractivity contribution in [2.24, 2.45) is 5.73 Å². The van der Waals surface area contributed by atoms with E-state index < -0.39 is 10.2 Å². The first kappa shape index (κ1) is 15.1. The third kappa shape index (κ3) is 3.52. The van der Waals surface area contributed by atoms with Gasteiger partial charge in [0.05, 0.1) is 13.2 Å². The van der Waals surface area contributed by atoms with E-state index in [1.54, 1.807) is 0 Å². The van der Waals surface area contributed by atoms with Gasteiger partial charge in [-0.25, -0.2) is 0 Å². The summed E-state index contributed by atoms with van der Waals surface area (Å²) in [6, 6.07) is -0.0236. The fraction of sp³-hybridized carbons (Fsp3) is 1.00. The lowest BCUT2D eigenvalue weighted by molar-refractivity contribution is 0.0695. The van der Waals surface area contributed by atoms with Crippen LogP contribution in [0.2, 0.25) is 0 Å². The van der Waals surface area contributed by atoms with E-state index in [9.17, 15) is 8.42 Å². The zero-order valence-electron chi connectivity index (χ0n) is 9.75. The summed E-state index contributed by atoms with van der Waals surface area (Å²) in [5.74, 6) is 0. The second-order valence-corrected chi connectivity index (χ2v) is 6.21. The number of hydrogen-bond donors (Lipinski definition) is 1. The maximum absolute atomic E-state index is 12.2. The Morgan fingerprint density at radius 2 is 1.76 bits per heavy atom. The predicted octanol–water partition coefficient (Wildman–Crippen LogP) is -0.592. The number of piperidine rings is 1. The molecule has 2 aliphatic rings. The topological polar surface area (TPSA) is 75.9 Å². The van der Waals surface area contributed by atoms with Gasteiger partial charge in [-0.1, -0.05) is 0 Å². The number of nitrogens with zero attached hydrogens (tertiary/aromatic N) is 2. The third-order valence-corrected chi connectivity index (χ3v) is 5.05. The first-order chi connectivity index (χ1) is 7.60. The summed E-state index contributed by atoms with van der Waals surface area (Å²) in [6.45, 7) is 2.91. The van der Waals surface area contributed by atoms with E-state index in [4.69, 9.17) is 10.5 Å². The van der Waals surface area contributed by atoms with Crippen molar-refractivity contribution in [3.8, 4) is 0 Å². The molecule has 0 saturated carbocycles. The van der Waals surface area contributed by atoms with Gasteiger partial charge in [0.2, 0.25) is 0 Å². The molecule has 0 amide bonds. The van der Waals surface area contributed by atoms with Gasteiger partial charge in [-0.3, -0.25) is 0 Å². The van der Waals surface area contributed by atoms with Crippen LogP contribution in [0.25, 0.3) is 0 Å². The van der Waals surface area contributed by atoms with E-state index in [1.807, 2.05) is 0 Å². The molecule has 2 saturated heterocycles. The second-order valence-electron chi connectivity index (χ2n) is 4.28. The minimum atomic E-state index is -3.31. The van der Waals surface area contributed by atoms with Crippen molar-refractivity contribution in [2.45, 2.75) is 18.9 Å². The van der Waals surface area contributed by atoms with Crippen molar-refractivity contribution in [1.82, 2.24) is 8.61 Å². The van der Waals surface area contributed by atoms with Crippen molar-refractivity contribution < 1.29 is 13.2 Å². The van der Waals surface area contributed by atoms with E-state index in [-0.39, 0.29) is 18.4 Å². The van der Waals surface area contributed by atoms with Crippen LogP contribution in [0.15, 0.2) is 0 Å². The molecule has 0 aliphatic carbocycles. The van der Waals surface area contributed by atoms with Gasteiger partial charge in [-0.15, -0.1) is 12.4 Å². The quantitative estimate of drug-likeness (QED) is 0.736. The molecule has 2 N–H and O–H groups in total. The van der Waals surface area contributed by atoms with Crippen LogP contribution in [0, 0.1) is 0 Å². The number of hydrogen-bond acceptors (Lipinski definition) is 4. The standard InChI is InChI=1S/C9H19N3O3S.ClH/c10-9-2-1-3-12(8-9)16(13,14)11-4-6-15-7-5-11;/h9H,1-8,10H2;1H/t9-;/m1./s1. The van der Waals surface area contributed by atoms with Crippen LogP contribution in [0.4, 0.5) is 0 Å². The molecule has 17 heavy (non-hydrogen) atoms. The van der Waals surface area contributed by atoms with E-state index in [2.05, 4.69) is 0 Å². The SMILES string of the molecule is Cl.N[C@@H]1CCCN(S(=O)(=O)N2CCOCC2)C1. The Labute approximate surface area is 109 Å². The zero-order chi connectivity index (χ0) is 11.6. The third-order valence-electron chi connectivity index (χ3n) is 3.04. The summed E-state index contributed by atoms with van der Waals surface area (Å²) >= 11 is 0. The maximum atomic E-state index is 12.2. The minimum Gasteiger partial charge on any atom is -0.379 e. The molecule has 6 nitrogen and oxygen atoms in total. The lowest BCUT2D eigenvalue weighted by atomic mass is 10.1.